The topological polar surface area (TPSA) is 41.1 Å². The average Bonchev–Trinajstić information content (AvgIpc) is 2.63. The molecule has 4 nitrogen and oxygen atoms in total. The van der Waals surface area contributed by atoms with Crippen molar-refractivity contribution >= 4 is 16.7 Å². The van der Waals surface area contributed by atoms with E-state index >= 15 is 0 Å². The lowest BCUT2D eigenvalue weighted by molar-refractivity contribution is 0.431. The van der Waals surface area contributed by atoms with Gasteiger partial charge in [0, 0.05) is 43.1 Å². The number of anilines is 1. The van der Waals surface area contributed by atoms with Crippen LogP contribution in [0.5, 0.6) is 0 Å². The maximum absolute atomic E-state index is 4.53. The summed E-state index contributed by atoms with van der Waals surface area (Å²) in [4.78, 5) is 6.69. The highest BCUT2D eigenvalue weighted by Gasteiger charge is 2.12. The number of nitrogens with one attached hydrogen (secondary N) is 1. The Morgan fingerprint density at radius 2 is 2.00 bits per heavy atom. The lowest BCUT2D eigenvalue weighted by atomic mass is 10.1. The third-order valence-electron chi connectivity index (χ3n) is 2.38. The zero-order valence-electron chi connectivity index (χ0n) is 11.7. The molecule has 0 saturated heterocycles. The molecule has 1 rings (SSSR count). The number of hydrogen-bond acceptors (Lipinski definition) is 5. The monoisotopic (exact) mass is 256 g/mol. The molecule has 0 aliphatic rings. The van der Waals surface area contributed by atoms with E-state index < -0.39 is 0 Å². The molecule has 17 heavy (non-hydrogen) atoms. The van der Waals surface area contributed by atoms with Crippen molar-refractivity contribution in [1.29, 1.82) is 0 Å². The third-order valence-corrected chi connectivity index (χ3v) is 3.22. The lowest BCUT2D eigenvalue weighted by Gasteiger charge is -2.23. The molecule has 0 aromatic carbocycles. The summed E-state index contributed by atoms with van der Waals surface area (Å²) in [5, 5.41) is 4.47. The highest BCUT2D eigenvalue weighted by molar-refractivity contribution is 7.09. The number of rotatable bonds is 5. The molecule has 98 valence electrons. The van der Waals surface area contributed by atoms with Crippen LogP contribution in [0.15, 0.2) is 0 Å². The predicted molar refractivity (Wildman–Crippen MR) is 75.0 cm³/mol. The first-order valence-electron chi connectivity index (χ1n) is 6.09. The summed E-state index contributed by atoms with van der Waals surface area (Å²) in [6, 6.07) is 0. The summed E-state index contributed by atoms with van der Waals surface area (Å²) in [5.41, 5.74) is 0.172. The third kappa shape index (κ3) is 5.00. The van der Waals surface area contributed by atoms with E-state index in [1.165, 1.54) is 11.5 Å². The highest BCUT2D eigenvalue weighted by Crippen LogP contribution is 2.19. The number of hydrogen-bond donors (Lipinski definition) is 1. The van der Waals surface area contributed by atoms with Crippen LogP contribution in [-0.2, 0) is 0 Å². The van der Waals surface area contributed by atoms with Gasteiger partial charge in [0.25, 0.3) is 0 Å². The Bertz CT molecular complexity index is 341. The Balaban J connectivity index is 2.44. The average molecular weight is 256 g/mol. The number of likely N-dealkylation sites (N-methyl/N-ethyl adjacent to an activating group) is 1. The van der Waals surface area contributed by atoms with Gasteiger partial charge < -0.3 is 10.2 Å². The molecule has 0 aliphatic carbocycles. The molecule has 0 fully saturated rings. The molecule has 0 amide bonds. The second kappa shape index (κ2) is 5.78. The Kier molecular flexibility index (Phi) is 4.89. The van der Waals surface area contributed by atoms with Crippen LogP contribution in [0.3, 0.4) is 0 Å². The first-order chi connectivity index (χ1) is 7.79. The molecule has 1 aromatic rings. The summed E-state index contributed by atoms with van der Waals surface area (Å²) < 4.78 is 4.36. The summed E-state index contributed by atoms with van der Waals surface area (Å²) in [6.07, 6.45) is 0. The minimum Gasteiger partial charge on any atom is -0.349 e. The van der Waals surface area contributed by atoms with Crippen molar-refractivity contribution < 1.29 is 0 Å². The molecule has 1 N–H and O–H groups in total. The molecule has 0 aliphatic heterocycles. The summed E-state index contributed by atoms with van der Waals surface area (Å²) in [5.74, 6) is 1.35. The molecule has 0 unspecified atom stereocenters. The molecular formula is C12H24N4S. The van der Waals surface area contributed by atoms with Crippen LogP contribution in [0.1, 0.15) is 46.4 Å². The van der Waals surface area contributed by atoms with Gasteiger partial charge in [0.15, 0.2) is 0 Å². The van der Waals surface area contributed by atoms with Gasteiger partial charge >= 0.3 is 0 Å². The van der Waals surface area contributed by atoms with Crippen LogP contribution < -0.4 is 10.2 Å². The van der Waals surface area contributed by atoms with Crippen LogP contribution >= 0.6 is 11.5 Å². The summed E-state index contributed by atoms with van der Waals surface area (Å²) in [6.45, 7) is 12.7. The van der Waals surface area contributed by atoms with Crippen LogP contribution in [0.4, 0.5) is 5.13 Å². The predicted octanol–water partition coefficient (Wildman–Crippen LogP) is 2.49. The van der Waals surface area contributed by atoms with Crippen molar-refractivity contribution in [2.75, 3.05) is 25.0 Å². The van der Waals surface area contributed by atoms with Crippen LogP contribution in [0.2, 0.25) is 0 Å². The van der Waals surface area contributed by atoms with Crippen LogP contribution in [0.25, 0.3) is 0 Å². The highest BCUT2D eigenvalue weighted by atomic mass is 32.1. The molecule has 0 bridgehead atoms. The first-order valence-corrected chi connectivity index (χ1v) is 6.86. The van der Waals surface area contributed by atoms with E-state index in [-0.39, 0.29) is 5.54 Å². The van der Waals surface area contributed by atoms with Gasteiger partial charge in [-0.25, -0.2) is 4.98 Å². The zero-order valence-corrected chi connectivity index (χ0v) is 12.6. The fraction of sp³-hybridized carbons (Fsp3) is 0.833. The standard InChI is InChI=1S/C12H24N4S/c1-9(2)10-14-11(17-15-10)16(6)8-7-13-12(3,4)5/h9,13H,7-8H2,1-6H3. The maximum atomic E-state index is 4.53. The Morgan fingerprint density at radius 1 is 1.35 bits per heavy atom. The van der Waals surface area contributed by atoms with Crippen molar-refractivity contribution in [2.45, 2.75) is 46.1 Å². The normalized spacial score (nSPS) is 12.2. The van der Waals surface area contributed by atoms with Crippen molar-refractivity contribution in [3.8, 4) is 0 Å². The van der Waals surface area contributed by atoms with Crippen LogP contribution in [0, 0.1) is 0 Å². The fourth-order valence-corrected chi connectivity index (χ4v) is 2.10. The number of nitrogens with zero attached hydrogens (tertiary/aromatic N) is 3. The van der Waals surface area contributed by atoms with Gasteiger partial charge in [0.2, 0.25) is 5.13 Å². The van der Waals surface area contributed by atoms with E-state index in [1.54, 1.807) is 0 Å². The van der Waals surface area contributed by atoms with Gasteiger partial charge in [0.05, 0.1) is 0 Å². The molecule has 0 spiro atoms. The minimum absolute atomic E-state index is 0.172. The van der Waals surface area contributed by atoms with Crippen molar-refractivity contribution in [3.63, 3.8) is 0 Å². The van der Waals surface area contributed by atoms with Gasteiger partial charge in [-0.1, -0.05) is 13.8 Å². The quantitative estimate of drug-likeness (QED) is 0.879. The van der Waals surface area contributed by atoms with Crippen molar-refractivity contribution in [3.05, 3.63) is 5.82 Å². The summed E-state index contributed by atoms with van der Waals surface area (Å²) >= 11 is 1.48. The zero-order chi connectivity index (χ0) is 13.1. The Labute approximate surface area is 109 Å². The van der Waals surface area contributed by atoms with E-state index in [2.05, 4.69) is 61.2 Å². The van der Waals surface area contributed by atoms with Gasteiger partial charge in [-0.05, 0) is 20.8 Å². The molecule has 0 saturated carbocycles. The Hall–Kier alpha value is -0.680. The molecule has 5 heteroatoms. The van der Waals surface area contributed by atoms with E-state index in [0.29, 0.717) is 5.92 Å². The van der Waals surface area contributed by atoms with E-state index in [9.17, 15) is 0 Å². The first kappa shape index (κ1) is 14.4. The maximum Gasteiger partial charge on any atom is 0.204 e. The van der Waals surface area contributed by atoms with Gasteiger partial charge in [-0.3, -0.25) is 0 Å². The Morgan fingerprint density at radius 3 is 2.47 bits per heavy atom. The van der Waals surface area contributed by atoms with E-state index in [1.807, 2.05) is 0 Å². The lowest BCUT2D eigenvalue weighted by Crippen LogP contribution is -2.40. The molecular weight excluding hydrogens is 232 g/mol. The fourth-order valence-electron chi connectivity index (χ4n) is 1.31. The van der Waals surface area contributed by atoms with E-state index in [0.717, 1.165) is 24.0 Å². The van der Waals surface area contributed by atoms with Crippen LogP contribution in [-0.4, -0.2) is 35.0 Å². The largest absolute Gasteiger partial charge is 0.349 e. The smallest absolute Gasteiger partial charge is 0.204 e. The van der Waals surface area contributed by atoms with E-state index in [4.69, 9.17) is 0 Å². The second-order valence-corrected chi connectivity index (χ2v) is 6.42. The molecule has 0 radical (unpaired) electrons. The van der Waals surface area contributed by atoms with Gasteiger partial charge in [-0.2, -0.15) is 4.37 Å². The minimum atomic E-state index is 0.172. The number of aromatic nitrogens is 2. The molecule has 1 heterocycles. The van der Waals surface area contributed by atoms with Crippen molar-refractivity contribution in [2.24, 2.45) is 0 Å². The molecule has 0 atom stereocenters. The summed E-state index contributed by atoms with van der Waals surface area (Å²) in [7, 11) is 2.06. The molecule has 1 aromatic heterocycles. The SMILES string of the molecule is CC(C)c1nsc(N(C)CCNC(C)(C)C)n1. The van der Waals surface area contributed by atoms with Gasteiger partial charge in [0.1, 0.15) is 5.82 Å². The second-order valence-electron chi connectivity index (χ2n) is 5.69. The van der Waals surface area contributed by atoms with Gasteiger partial charge in [-0.15, -0.1) is 0 Å². The van der Waals surface area contributed by atoms with Crippen molar-refractivity contribution in [1.82, 2.24) is 14.7 Å².